The maximum atomic E-state index is 4.49. The smallest absolute Gasteiger partial charge is 0.110 e. The molecule has 1 atom stereocenters. The molecule has 0 saturated heterocycles. The summed E-state index contributed by atoms with van der Waals surface area (Å²) in [6.07, 6.45) is 5.98. The molecule has 0 saturated carbocycles. The topological polar surface area (TPSA) is 29.9 Å². The first-order chi connectivity index (χ1) is 9.74. The van der Waals surface area contributed by atoms with Gasteiger partial charge in [-0.25, -0.2) is 4.98 Å². The highest BCUT2D eigenvalue weighted by molar-refractivity contribution is 9.10. The van der Waals surface area contributed by atoms with E-state index in [2.05, 4.69) is 68.9 Å². The zero-order valence-electron chi connectivity index (χ0n) is 12.1. The Labute approximate surface area is 129 Å². The lowest BCUT2D eigenvalue weighted by Gasteiger charge is -2.19. The van der Waals surface area contributed by atoms with E-state index in [9.17, 15) is 0 Å². The Balaban J connectivity index is 2.19. The van der Waals surface area contributed by atoms with Crippen LogP contribution in [0.2, 0.25) is 0 Å². The molecular formula is C16H22BrN3. The first kappa shape index (κ1) is 15.3. The van der Waals surface area contributed by atoms with Gasteiger partial charge in [0.25, 0.3) is 0 Å². The van der Waals surface area contributed by atoms with Crippen molar-refractivity contribution in [1.29, 1.82) is 0 Å². The Bertz CT molecular complexity index is 536. The summed E-state index contributed by atoms with van der Waals surface area (Å²) in [4.78, 5) is 4.49. The molecule has 3 nitrogen and oxygen atoms in total. The number of rotatable bonds is 7. The first-order valence-electron chi connectivity index (χ1n) is 7.23. The number of halogens is 1. The van der Waals surface area contributed by atoms with Gasteiger partial charge in [-0.05, 0) is 37.6 Å². The molecule has 1 aromatic heterocycles. The third-order valence-electron chi connectivity index (χ3n) is 3.42. The van der Waals surface area contributed by atoms with Gasteiger partial charge in [0.05, 0.1) is 0 Å². The van der Waals surface area contributed by atoms with Crippen LogP contribution in [-0.4, -0.2) is 16.1 Å². The second-order valence-electron chi connectivity index (χ2n) is 4.90. The van der Waals surface area contributed by atoms with Crippen LogP contribution in [0.3, 0.4) is 0 Å². The number of hydrogen-bond donors (Lipinski definition) is 1. The molecule has 0 bridgehead atoms. The second kappa shape index (κ2) is 7.60. The molecule has 0 amide bonds. The summed E-state index contributed by atoms with van der Waals surface area (Å²) in [6, 6.07) is 8.82. The van der Waals surface area contributed by atoms with E-state index >= 15 is 0 Å². The monoisotopic (exact) mass is 335 g/mol. The molecular weight excluding hydrogens is 314 g/mol. The highest BCUT2D eigenvalue weighted by Crippen LogP contribution is 2.21. The molecule has 1 unspecified atom stereocenters. The predicted octanol–water partition coefficient (Wildman–Crippen LogP) is 3.95. The van der Waals surface area contributed by atoms with Crippen molar-refractivity contribution in [3.8, 4) is 0 Å². The normalized spacial score (nSPS) is 12.6. The molecule has 20 heavy (non-hydrogen) atoms. The van der Waals surface area contributed by atoms with E-state index in [0.717, 1.165) is 36.2 Å². The van der Waals surface area contributed by atoms with Crippen LogP contribution in [0, 0.1) is 0 Å². The van der Waals surface area contributed by atoms with E-state index in [0.29, 0.717) is 6.04 Å². The van der Waals surface area contributed by atoms with Crippen LogP contribution in [0.15, 0.2) is 41.1 Å². The van der Waals surface area contributed by atoms with Crippen molar-refractivity contribution in [2.45, 2.75) is 39.3 Å². The van der Waals surface area contributed by atoms with Gasteiger partial charge in [0.2, 0.25) is 0 Å². The van der Waals surface area contributed by atoms with Crippen LogP contribution < -0.4 is 5.32 Å². The van der Waals surface area contributed by atoms with E-state index in [1.165, 1.54) is 5.56 Å². The molecule has 0 aliphatic heterocycles. The Hall–Kier alpha value is -1.13. The zero-order valence-corrected chi connectivity index (χ0v) is 13.7. The van der Waals surface area contributed by atoms with Crippen LogP contribution in [0.5, 0.6) is 0 Å². The van der Waals surface area contributed by atoms with Gasteiger partial charge in [0.1, 0.15) is 5.82 Å². The van der Waals surface area contributed by atoms with Crippen molar-refractivity contribution in [2.75, 3.05) is 6.54 Å². The van der Waals surface area contributed by atoms with Gasteiger partial charge in [0.15, 0.2) is 0 Å². The summed E-state index contributed by atoms with van der Waals surface area (Å²) in [5.41, 5.74) is 1.30. The fourth-order valence-corrected chi connectivity index (χ4v) is 2.77. The van der Waals surface area contributed by atoms with Gasteiger partial charge in [-0.1, -0.05) is 35.0 Å². The van der Waals surface area contributed by atoms with Crippen molar-refractivity contribution >= 4 is 15.9 Å². The number of benzene rings is 1. The second-order valence-corrected chi connectivity index (χ2v) is 5.81. The van der Waals surface area contributed by atoms with Crippen LogP contribution in [0.1, 0.15) is 37.7 Å². The fourth-order valence-electron chi connectivity index (χ4n) is 2.35. The highest BCUT2D eigenvalue weighted by atomic mass is 79.9. The minimum atomic E-state index is 0.306. The lowest BCUT2D eigenvalue weighted by atomic mass is 10.0. The maximum Gasteiger partial charge on any atom is 0.110 e. The lowest BCUT2D eigenvalue weighted by molar-refractivity contribution is 0.506. The van der Waals surface area contributed by atoms with Gasteiger partial charge in [-0.15, -0.1) is 0 Å². The largest absolute Gasteiger partial charge is 0.335 e. The lowest BCUT2D eigenvalue weighted by Crippen LogP contribution is -2.25. The van der Waals surface area contributed by atoms with Crippen molar-refractivity contribution in [2.24, 2.45) is 0 Å². The number of nitrogens with zero attached hydrogens (tertiary/aromatic N) is 2. The van der Waals surface area contributed by atoms with E-state index in [-0.39, 0.29) is 0 Å². The van der Waals surface area contributed by atoms with E-state index < -0.39 is 0 Å². The molecule has 0 radical (unpaired) electrons. The third kappa shape index (κ3) is 3.93. The van der Waals surface area contributed by atoms with Crippen LogP contribution in [-0.2, 0) is 13.0 Å². The molecule has 1 N–H and O–H groups in total. The number of nitrogens with one attached hydrogen (secondary N) is 1. The van der Waals surface area contributed by atoms with E-state index in [1.807, 2.05) is 12.4 Å². The van der Waals surface area contributed by atoms with Crippen molar-refractivity contribution < 1.29 is 0 Å². The summed E-state index contributed by atoms with van der Waals surface area (Å²) in [7, 11) is 0. The molecule has 1 heterocycles. The quantitative estimate of drug-likeness (QED) is 0.830. The Kier molecular flexibility index (Phi) is 5.80. The molecule has 1 aromatic carbocycles. The minimum Gasteiger partial charge on any atom is -0.335 e. The molecule has 0 aliphatic carbocycles. The summed E-state index contributed by atoms with van der Waals surface area (Å²) in [5, 5.41) is 3.63. The van der Waals surface area contributed by atoms with E-state index in [4.69, 9.17) is 0 Å². The van der Waals surface area contributed by atoms with Gasteiger partial charge >= 0.3 is 0 Å². The van der Waals surface area contributed by atoms with Crippen molar-refractivity contribution in [1.82, 2.24) is 14.9 Å². The van der Waals surface area contributed by atoms with E-state index in [1.54, 1.807) is 0 Å². The zero-order chi connectivity index (χ0) is 14.4. The minimum absolute atomic E-state index is 0.306. The number of aryl methyl sites for hydroxylation is 1. The third-order valence-corrected chi connectivity index (χ3v) is 3.91. The van der Waals surface area contributed by atoms with Crippen molar-refractivity contribution in [3.05, 3.63) is 52.5 Å². The van der Waals surface area contributed by atoms with Crippen LogP contribution in [0.4, 0.5) is 0 Å². The Morgan fingerprint density at radius 3 is 2.90 bits per heavy atom. The average molecular weight is 336 g/mol. The Morgan fingerprint density at radius 1 is 1.35 bits per heavy atom. The summed E-state index contributed by atoms with van der Waals surface area (Å²) in [5.74, 6) is 1.14. The molecule has 0 fully saturated rings. The van der Waals surface area contributed by atoms with Gasteiger partial charge < -0.3 is 9.88 Å². The predicted molar refractivity (Wildman–Crippen MR) is 86.8 cm³/mol. The molecule has 0 aliphatic rings. The van der Waals surface area contributed by atoms with Gasteiger partial charge in [0, 0.05) is 35.9 Å². The molecule has 2 rings (SSSR count). The average Bonchev–Trinajstić information content (AvgIpc) is 2.90. The first-order valence-corrected chi connectivity index (χ1v) is 8.02. The summed E-state index contributed by atoms with van der Waals surface area (Å²) < 4.78 is 3.33. The SMILES string of the molecule is CCCNC(Cc1nccn1CC)c1cccc(Br)c1. The highest BCUT2D eigenvalue weighted by Gasteiger charge is 2.14. The van der Waals surface area contributed by atoms with Crippen molar-refractivity contribution in [3.63, 3.8) is 0 Å². The Morgan fingerprint density at radius 2 is 2.20 bits per heavy atom. The fraction of sp³-hybridized carbons (Fsp3) is 0.438. The standard InChI is InChI=1S/C16H22BrN3/c1-3-8-18-15(13-6-5-7-14(17)11-13)12-16-19-9-10-20(16)4-2/h5-7,9-11,15,18H,3-4,8,12H2,1-2H3. The maximum absolute atomic E-state index is 4.49. The molecule has 2 aromatic rings. The van der Waals surface area contributed by atoms with Crippen LogP contribution >= 0.6 is 15.9 Å². The number of aromatic nitrogens is 2. The molecule has 4 heteroatoms. The van der Waals surface area contributed by atoms with Crippen LogP contribution in [0.25, 0.3) is 0 Å². The molecule has 108 valence electrons. The van der Waals surface area contributed by atoms with Gasteiger partial charge in [-0.2, -0.15) is 0 Å². The van der Waals surface area contributed by atoms with Gasteiger partial charge in [-0.3, -0.25) is 0 Å². The summed E-state index contributed by atoms with van der Waals surface area (Å²) >= 11 is 3.56. The number of imidazole rings is 1. The summed E-state index contributed by atoms with van der Waals surface area (Å²) in [6.45, 7) is 6.33. The number of hydrogen-bond acceptors (Lipinski definition) is 2. The molecule has 0 spiro atoms.